The van der Waals surface area contributed by atoms with Crippen LogP contribution in [0.5, 0.6) is 0 Å². The lowest BCUT2D eigenvalue weighted by Gasteiger charge is -2.09. The SMILES string of the molecule is Brc1ccccc1Cc1ccc(-c2ccccc2)cc1Br. The van der Waals surface area contributed by atoms with Crippen LogP contribution in [0.3, 0.4) is 0 Å². The number of hydrogen-bond acceptors (Lipinski definition) is 0. The second kappa shape index (κ2) is 6.59. The Labute approximate surface area is 142 Å². The molecule has 21 heavy (non-hydrogen) atoms. The second-order valence-electron chi connectivity index (χ2n) is 4.94. The first kappa shape index (κ1) is 14.6. The van der Waals surface area contributed by atoms with Gasteiger partial charge in [-0.3, -0.25) is 0 Å². The highest BCUT2D eigenvalue weighted by Gasteiger charge is 2.06. The molecule has 0 atom stereocenters. The van der Waals surface area contributed by atoms with Crippen molar-refractivity contribution >= 4 is 31.9 Å². The number of benzene rings is 3. The lowest BCUT2D eigenvalue weighted by Crippen LogP contribution is -1.91. The van der Waals surface area contributed by atoms with Crippen molar-refractivity contribution in [3.8, 4) is 11.1 Å². The molecule has 0 N–H and O–H groups in total. The molecule has 0 saturated heterocycles. The first-order chi connectivity index (χ1) is 10.2. The Morgan fingerprint density at radius 1 is 0.571 bits per heavy atom. The van der Waals surface area contributed by atoms with Gasteiger partial charge in [-0.05, 0) is 40.8 Å². The molecule has 0 unspecified atom stereocenters. The maximum absolute atomic E-state index is 3.71. The van der Waals surface area contributed by atoms with Crippen molar-refractivity contribution in [2.45, 2.75) is 6.42 Å². The van der Waals surface area contributed by atoms with E-state index in [1.807, 2.05) is 12.1 Å². The van der Waals surface area contributed by atoms with Crippen LogP contribution in [0.1, 0.15) is 11.1 Å². The Hall–Kier alpha value is -1.38. The fourth-order valence-corrected chi connectivity index (χ4v) is 3.29. The highest BCUT2D eigenvalue weighted by atomic mass is 79.9. The summed E-state index contributed by atoms with van der Waals surface area (Å²) in [5.74, 6) is 0. The smallest absolute Gasteiger partial charge is 0.0216 e. The zero-order valence-electron chi connectivity index (χ0n) is 11.4. The lowest BCUT2D eigenvalue weighted by atomic mass is 10.0. The Morgan fingerprint density at radius 2 is 1.24 bits per heavy atom. The largest absolute Gasteiger partial charge is 0.0622 e. The van der Waals surface area contributed by atoms with E-state index < -0.39 is 0 Å². The van der Waals surface area contributed by atoms with Crippen LogP contribution in [-0.4, -0.2) is 0 Å². The number of halogens is 2. The molecule has 3 aromatic carbocycles. The van der Waals surface area contributed by atoms with E-state index in [1.54, 1.807) is 0 Å². The van der Waals surface area contributed by atoms with Crippen molar-refractivity contribution in [1.82, 2.24) is 0 Å². The van der Waals surface area contributed by atoms with Crippen molar-refractivity contribution in [3.05, 3.63) is 92.9 Å². The fourth-order valence-electron chi connectivity index (χ4n) is 2.35. The van der Waals surface area contributed by atoms with Crippen molar-refractivity contribution in [1.29, 1.82) is 0 Å². The maximum Gasteiger partial charge on any atom is 0.0216 e. The highest BCUT2D eigenvalue weighted by Crippen LogP contribution is 2.28. The molecule has 0 aliphatic heterocycles. The minimum atomic E-state index is 0.914. The summed E-state index contributed by atoms with van der Waals surface area (Å²) in [6.45, 7) is 0. The normalized spacial score (nSPS) is 10.6. The van der Waals surface area contributed by atoms with Crippen LogP contribution in [0.2, 0.25) is 0 Å². The lowest BCUT2D eigenvalue weighted by molar-refractivity contribution is 1.17. The van der Waals surface area contributed by atoms with Gasteiger partial charge in [-0.1, -0.05) is 92.5 Å². The van der Waals surface area contributed by atoms with Crippen LogP contribution < -0.4 is 0 Å². The Bertz CT molecular complexity index is 749. The van der Waals surface area contributed by atoms with Crippen LogP contribution in [0.4, 0.5) is 0 Å². The summed E-state index contributed by atoms with van der Waals surface area (Å²) >= 11 is 7.33. The summed E-state index contributed by atoms with van der Waals surface area (Å²) in [7, 11) is 0. The van der Waals surface area contributed by atoms with Gasteiger partial charge in [-0.25, -0.2) is 0 Å². The summed E-state index contributed by atoms with van der Waals surface area (Å²) in [5, 5.41) is 0. The zero-order chi connectivity index (χ0) is 14.7. The van der Waals surface area contributed by atoms with Gasteiger partial charge in [0.25, 0.3) is 0 Å². The molecule has 0 nitrogen and oxygen atoms in total. The van der Waals surface area contributed by atoms with Crippen LogP contribution in [0.25, 0.3) is 11.1 Å². The molecule has 0 saturated carbocycles. The second-order valence-corrected chi connectivity index (χ2v) is 6.65. The summed E-state index contributed by atoms with van der Waals surface area (Å²) in [5.41, 5.74) is 5.07. The topological polar surface area (TPSA) is 0 Å². The van der Waals surface area contributed by atoms with Crippen molar-refractivity contribution in [3.63, 3.8) is 0 Å². The molecule has 0 bridgehead atoms. The third kappa shape index (κ3) is 3.45. The minimum absolute atomic E-state index is 0.914. The zero-order valence-corrected chi connectivity index (χ0v) is 14.6. The van der Waals surface area contributed by atoms with E-state index in [0.717, 1.165) is 15.4 Å². The average Bonchev–Trinajstić information content (AvgIpc) is 2.52. The Kier molecular flexibility index (Phi) is 4.57. The van der Waals surface area contributed by atoms with E-state index in [2.05, 4.69) is 92.5 Å². The van der Waals surface area contributed by atoms with Crippen LogP contribution >= 0.6 is 31.9 Å². The van der Waals surface area contributed by atoms with E-state index in [-0.39, 0.29) is 0 Å². The molecule has 0 heterocycles. The predicted octanol–water partition coefficient (Wildman–Crippen LogP) is 6.47. The summed E-state index contributed by atoms with van der Waals surface area (Å²) in [4.78, 5) is 0. The van der Waals surface area contributed by atoms with E-state index in [0.29, 0.717) is 0 Å². The number of hydrogen-bond donors (Lipinski definition) is 0. The predicted molar refractivity (Wildman–Crippen MR) is 96.5 cm³/mol. The van der Waals surface area contributed by atoms with E-state index in [4.69, 9.17) is 0 Å². The van der Waals surface area contributed by atoms with Gasteiger partial charge in [0.15, 0.2) is 0 Å². The van der Waals surface area contributed by atoms with E-state index in [1.165, 1.54) is 22.3 Å². The molecule has 0 spiro atoms. The van der Waals surface area contributed by atoms with Gasteiger partial charge in [0.2, 0.25) is 0 Å². The third-order valence-electron chi connectivity index (χ3n) is 3.50. The van der Waals surface area contributed by atoms with Gasteiger partial charge in [0.05, 0.1) is 0 Å². The third-order valence-corrected chi connectivity index (χ3v) is 5.01. The van der Waals surface area contributed by atoms with Gasteiger partial charge in [-0.2, -0.15) is 0 Å². The molecule has 0 amide bonds. The van der Waals surface area contributed by atoms with Crippen LogP contribution in [0.15, 0.2) is 81.7 Å². The molecule has 0 fully saturated rings. The Balaban J connectivity index is 1.90. The molecule has 3 rings (SSSR count). The van der Waals surface area contributed by atoms with E-state index >= 15 is 0 Å². The first-order valence-electron chi connectivity index (χ1n) is 6.81. The van der Waals surface area contributed by atoms with Gasteiger partial charge >= 0.3 is 0 Å². The summed E-state index contributed by atoms with van der Waals surface area (Å²) in [6, 6.07) is 25.4. The Morgan fingerprint density at radius 3 is 1.95 bits per heavy atom. The van der Waals surface area contributed by atoms with Gasteiger partial charge in [-0.15, -0.1) is 0 Å². The van der Waals surface area contributed by atoms with Crippen LogP contribution in [0, 0.1) is 0 Å². The van der Waals surface area contributed by atoms with Crippen LogP contribution in [-0.2, 0) is 6.42 Å². The number of rotatable bonds is 3. The molecular formula is C19H14Br2. The molecule has 0 aromatic heterocycles. The van der Waals surface area contributed by atoms with Crippen molar-refractivity contribution < 1.29 is 0 Å². The molecule has 2 heteroatoms. The maximum atomic E-state index is 3.71. The molecule has 0 radical (unpaired) electrons. The van der Waals surface area contributed by atoms with Gasteiger partial charge in [0, 0.05) is 8.95 Å². The molecular weight excluding hydrogens is 388 g/mol. The molecule has 3 aromatic rings. The molecule has 104 valence electrons. The quantitative estimate of drug-likeness (QED) is 0.471. The standard InChI is InChI=1S/C19H14Br2/c20-18-9-5-4-8-16(18)12-17-11-10-15(13-19(17)21)14-6-2-1-3-7-14/h1-11,13H,12H2. The van der Waals surface area contributed by atoms with E-state index in [9.17, 15) is 0 Å². The fraction of sp³-hybridized carbons (Fsp3) is 0.0526. The van der Waals surface area contributed by atoms with Crippen molar-refractivity contribution in [2.24, 2.45) is 0 Å². The molecule has 0 aliphatic rings. The first-order valence-corrected chi connectivity index (χ1v) is 8.40. The van der Waals surface area contributed by atoms with Gasteiger partial charge in [0.1, 0.15) is 0 Å². The van der Waals surface area contributed by atoms with Gasteiger partial charge < -0.3 is 0 Å². The minimum Gasteiger partial charge on any atom is -0.0622 e. The average molecular weight is 402 g/mol. The monoisotopic (exact) mass is 400 g/mol. The summed E-state index contributed by atoms with van der Waals surface area (Å²) < 4.78 is 2.31. The summed E-state index contributed by atoms with van der Waals surface area (Å²) in [6.07, 6.45) is 0.914. The highest BCUT2D eigenvalue weighted by molar-refractivity contribution is 9.10. The van der Waals surface area contributed by atoms with Crippen molar-refractivity contribution in [2.75, 3.05) is 0 Å². The molecule has 0 aliphatic carbocycles.